The van der Waals surface area contributed by atoms with E-state index in [4.69, 9.17) is 9.47 Å². The molecule has 1 aromatic carbocycles. The van der Waals surface area contributed by atoms with E-state index < -0.39 is 0 Å². The molecule has 0 heterocycles. The SMILES string of the molecule is CNC(C)c1ccc(OC)c(OC2CCCCC2)c1. The number of rotatable bonds is 5. The Morgan fingerprint density at radius 3 is 2.53 bits per heavy atom. The van der Waals surface area contributed by atoms with E-state index in [0.29, 0.717) is 12.1 Å². The smallest absolute Gasteiger partial charge is 0.161 e. The molecular formula is C16H25NO2. The molecule has 0 aromatic heterocycles. The first kappa shape index (κ1) is 14.2. The third-order valence-electron chi connectivity index (χ3n) is 3.97. The summed E-state index contributed by atoms with van der Waals surface area (Å²) in [4.78, 5) is 0. The Labute approximate surface area is 116 Å². The Hall–Kier alpha value is -1.22. The first-order valence-electron chi connectivity index (χ1n) is 7.26. The summed E-state index contributed by atoms with van der Waals surface area (Å²) in [6, 6.07) is 6.52. The molecule has 3 nitrogen and oxygen atoms in total. The highest BCUT2D eigenvalue weighted by Gasteiger charge is 2.17. The minimum atomic E-state index is 0.319. The maximum atomic E-state index is 6.16. The second kappa shape index (κ2) is 6.80. The van der Waals surface area contributed by atoms with Crippen LogP contribution in [0.3, 0.4) is 0 Å². The summed E-state index contributed by atoms with van der Waals surface area (Å²) in [7, 11) is 3.67. The van der Waals surface area contributed by atoms with Crippen LogP contribution in [-0.2, 0) is 0 Å². The van der Waals surface area contributed by atoms with Crippen LogP contribution in [0.5, 0.6) is 11.5 Å². The average Bonchev–Trinajstić information content (AvgIpc) is 2.47. The van der Waals surface area contributed by atoms with Gasteiger partial charge in [-0.05, 0) is 57.4 Å². The monoisotopic (exact) mass is 263 g/mol. The van der Waals surface area contributed by atoms with Crippen LogP contribution >= 0.6 is 0 Å². The Morgan fingerprint density at radius 2 is 1.89 bits per heavy atom. The van der Waals surface area contributed by atoms with Gasteiger partial charge in [0, 0.05) is 6.04 Å². The lowest BCUT2D eigenvalue weighted by molar-refractivity contribution is 0.149. The maximum absolute atomic E-state index is 6.16. The molecule has 19 heavy (non-hydrogen) atoms. The van der Waals surface area contributed by atoms with Crippen molar-refractivity contribution in [2.75, 3.05) is 14.2 Å². The predicted octanol–water partition coefficient (Wildman–Crippen LogP) is 3.69. The summed E-state index contributed by atoms with van der Waals surface area (Å²) in [6.45, 7) is 2.15. The zero-order valence-electron chi connectivity index (χ0n) is 12.2. The highest BCUT2D eigenvalue weighted by Crippen LogP contribution is 2.33. The van der Waals surface area contributed by atoms with Crippen molar-refractivity contribution in [2.45, 2.75) is 51.2 Å². The summed E-state index contributed by atoms with van der Waals surface area (Å²) in [5.41, 5.74) is 1.23. The van der Waals surface area contributed by atoms with E-state index in [1.54, 1.807) is 7.11 Å². The fourth-order valence-corrected chi connectivity index (χ4v) is 2.58. The van der Waals surface area contributed by atoms with E-state index in [0.717, 1.165) is 24.3 Å². The van der Waals surface area contributed by atoms with Crippen LogP contribution < -0.4 is 14.8 Å². The summed E-state index contributed by atoms with van der Waals surface area (Å²) >= 11 is 0. The van der Waals surface area contributed by atoms with Gasteiger partial charge in [-0.3, -0.25) is 0 Å². The molecular weight excluding hydrogens is 238 g/mol. The van der Waals surface area contributed by atoms with Crippen LogP contribution in [0.1, 0.15) is 50.6 Å². The molecule has 1 unspecified atom stereocenters. The highest BCUT2D eigenvalue weighted by molar-refractivity contribution is 5.44. The van der Waals surface area contributed by atoms with Crippen molar-refractivity contribution < 1.29 is 9.47 Å². The van der Waals surface area contributed by atoms with Crippen molar-refractivity contribution in [1.29, 1.82) is 0 Å². The van der Waals surface area contributed by atoms with Crippen LogP contribution in [-0.4, -0.2) is 20.3 Å². The Kier molecular flexibility index (Phi) is 5.08. The molecule has 1 aromatic rings. The summed E-state index contributed by atoms with van der Waals surface area (Å²) in [6.07, 6.45) is 6.57. The van der Waals surface area contributed by atoms with Gasteiger partial charge in [0.1, 0.15) is 0 Å². The van der Waals surface area contributed by atoms with E-state index in [2.05, 4.69) is 24.4 Å². The number of nitrogens with one attached hydrogen (secondary N) is 1. The van der Waals surface area contributed by atoms with Gasteiger partial charge in [-0.15, -0.1) is 0 Å². The number of methoxy groups -OCH3 is 1. The molecule has 1 atom stereocenters. The van der Waals surface area contributed by atoms with Gasteiger partial charge in [-0.25, -0.2) is 0 Å². The number of ether oxygens (including phenoxy) is 2. The molecule has 106 valence electrons. The van der Waals surface area contributed by atoms with Gasteiger partial charge in [0.25, 0.3) is 0 Å². The van der Waals surface area contributed by atoms with Crippen molar-refractivity contribution in [2.24, 2.45) is 0 Å². The molecule has 0 saturated heterocycles. The zero-order chi connectivity index (χ0) is 13.7. The van der Waals surface area contributed by atoms with Crippen LogP contribution in [0.15, 0.2) is 18.2 Å². The van der Waals surface area contributed by atoms with Gasteiger partial charge >= 0.3 is 0 Å². The molecule has 0 aliphatic heterocycles. The molecule has 1 aliphatic rings. The van der Waals surface area contributed by atoms with Crippen molar-refractivity contribution in [3.05, 3.63) is 23.8 Å². The number of hydrogen-bond donors (Lipinski definition) is 1. The zero-order valence-corrected chi connectivity index (χ0v) is 12.2. The fourth-order valence-electron chi connectivity index (χ4n) is 2.58. The molecule has 0 bridgehead atoms. The minimum Gasteiger partial charge on any atom is -0.493 e. The first-order valence-corrected chi connectivity index (χ1v) is 7.26. The standard InChI is InChI=1S/C16H25NO2/c1-12(17-2)13-9-10-15(18-3)16(11-13)19-14-7-5-4-6-8-14/h9-12,14,17H,4-8H2,1-3H3. The molecule has 1 saturated carbocycles. The molecule has 0 radical (unpaired) electrons. The Morgan fingerprint density at radius 1 is 1.16 bits per heavy atom. The fraction of sp³-hybridized carbons (Fsp3) is 0.625. The lowest BCUT2D eigenvalue weighted by Crippen LogP contribution is -2.20. The quantitative estimate of drug-likeness (QED) is 0.879. The van der Waals surface area contributed by atoms with E-state index >= 15 is 0 Å². The molecule has 1 N–H and O–H groups in total. The molecule has 0 spiro atoms. The van der Waals surface area contributed by atoms with Crippen LogP contribution in [0.2, 0.25) is 0 Å². The van der Waals surface area contributed by atoms with Crippen molar-refractivity contribution in [1.82, 2.24) is 5.32 Å². The van der Waals surface area contributed by atoms with Crippen LogP contribution in [0.4, 0.5) is 0 Å². The molecule has 1 fully saturated rings. The second-order valence-electron chi connectivity index (χ2n) is 5.30. The predicted molar refractivity (Wildman–Crippen MR) is 78.0 cm³/mol. The lowest BCUT2D eigenvalue weighted by atomic mass is 9.97. The summed E-state index contributed by atoms with van der Waals surface area (Å²) in [5, 5.41) is 3.25. The molecule has 3 heteroatoms. The summed E-state index contributed by atoms with van der Waals surface area (Å²) in [5.74, 6) is 1.71. The highest BCUT2D eigenvalue weighted by atomic mass is 16.5. The normalized spacial score (nSPS) is 18.1. The van der Waals surface area contributed by atoms with E-state index in [1.165, 1.54) is 24.8 Å². The Bertz CT molecular complexity index is 400. The Balaban J connectivity index is 2.15. The van der Waals surface area contributed by atoms with Gasteiger partial charge in [-0.2, -0.15) is 0 Å². The number of hydrogen-bond acceptors (Lipinski definition) is 3. The van der Waals surface area contributed by atoms with Gasteiger partial charge in [0.2, 0.25) is 0 Å². The molecule has 2 rings (SSSR count). The second-order valence-corrected chi connectivity index (χ2v) is 5.30. The van der Waals surface area contributed by atoms with Gasteiger partial charge < -0.3 is 14.8 Å². The van der Waals surface area contributed by atoms with Crippen molar-refractivity contribution in [3.63, 3.8) is 0 Å². The van der Waals surface area contributed by atoms with Crippen LogP contribution in [0.25, 0.3) is 0 Å². The van der Waals surface area contributed by atoms with Crippen molar-refractivity contribution in [3.8, 4) is 11.5 Å². The average molecular weight is 263 g/mol. The lowest BCUT2D eigenvalue weighted by Gasteiger charge is -2.24. The summed E-state index contributed by atoms with van der Waals surface area (Å²) < 4.78 is 11.6. The van der Waals surface area contributed by atoms with Crippen molar-refractivity contribution >= 4 is 0 Å². The first-order chi connectivity index (χ1) is 9.24. The van der Waals surface area contributed by atoms with E-state index in [-0.39, 0.29) is 0 Å². The third kappa shape index (κ3) is 3.63. The van der Waals surface area contributed by atoms with Crippen LogP contribution in [0, 0.1) is 0 Å². The molecule has 0 amide bonds. The largest absolute Gasteiger partial charge is 0.493 e. The van der Waals surface area contributed by atoms with E-state index in [1.807, 2.05) is 13.1 Å². The van der Waals surface area contributed by atoms with Gasteiger partial charge in [0.15, 0.2) is 11.5 Å². The topological polar surface area (TPSA) is 30.5 Å². The number of benzene rings is 1. The van der Waals surface area contributed by atoms with Gasteiger partial charge in [0.05, 0.1) is 13.2 Å². The van der Waals surface area contributed by atoms with E-state index in [9.17, 15) is 0 Å². The third-order valence-corrected chi connectivity index (χ3v) is 3.97. The minimum absolute atomic E-state index is 0.319. The molecule has 1 aliphatic carbocycles. The van der Waals surface area contributed by atoms with Gasteiger partial charge in [-0.1, -0.05) is 12.5 Å². The maximum Gasteiger partial charge on any atom is 0.161 e.